The van der Waals surface area contributed by atoms with Crippen LogP contribution in [0.4, 0.5) is 4.39 Å². The maximum atomic E-state index is 13.7. The second-order valence-electron chi connectivity index (χ2n) is 8.19. The van der Waals surface area contributed by atoms with Crippen LogP contribution < -0.4 is 4.74 Å². The van der Waals surface area contributed by atoms with Crippen molar-refractivity contribution >= 4 is 27.4 Å². The third-order valence-corrected chi connectivity index (χ3v) is 7.29. The van der Waals surface area contributed by atoms with Gasteiger partial charge in [-0.3, -0.25) is 4.79 Å². The van der Waals surface area contributed by atoms with E-state index >= 15 is 0 Å². The molecule has 1 atom stereocenters. The van der Waals surface area contributed by atoms with Crippen molar-refractivity contribution in [3.63, 3.8) is 0 Å². The van der Waals surface area contributed by atoms with Gasteiger partial charge in [-0.15, -0.1) is 11.3 Å². The molecule has 31 heavy (non-hydrogen) atoms. The third kappa shape index (κ3) is 6.07. The van der Waals surface area contributed by atoms with Gasteiger partial charge in [-0.05, 0) is 85.4 Å². The van der Waals surface area contributed by atoms with E-state index in [1.807, 2.05) is 31.2 Å². The van der Waals surface area contributed by atoms with Crippen LogP contribution in [0.2, 0.25) is 0 Å². The minimum absolute atomic E-state index is 0.137. The van der Waals surface area contributed by atoms with E-state index in [9.17, 15) is 9.18 Å². The van der Waals surface area contributed by atoms with Crippen LogP contribution in [0.5, 0.6) is 5.75 Å². The third-order valence-electron chi connectivity index (χ3n) is 5.87. The second-order valence-corrected chi connectivity index (χ2v) is 9.27. The Kier molecular flexibility index (Phi) is 8.08. The van der Waals surface area contributed by atoms with E-state index in [0.29, 0.717) is 18.9 Å². The summed E-state index contributed by atoms with van der Waals surface area (Å²) in [6, 6.07) is 11.0. The lowest BCUT2D eigenvalue weighted by Crippen LogP contribution is -2.06. The molecule has 2 aromatic carbocycles. The first-order valence-corrected chi connectivity index (χ1v) is 11.8. The molecular formula is C26H31FO3S. The van der Waals surface area contributed by atoms with Crippen molar-refractivity contribution in [3.8, 4) is 5.75 Å². The van der Waals surface area contributed by atoms with Crippen LogP contribution in [-0.4, -0.2) is 17.7 Å². The van der Waals surface area contributed by atoms with E-state index in [-0.39, 0.29) is 12.2 Å². The SMILES string of the molecule is CCCCC(CCOc1ccc(CCC(=O)O)c(C)c1)c1sc2cc(F)ccc2c1C. The fraction of sp³-hybridized carbons (Fsp3) is 0.423. The lowest BCUT2D eigenvalue weighted by atomic mass is 9.94. The highest BCUT2D eigenvalue weighted by atomic mass is 32.1. The first-order valence-electron chi connectivity index (χ1n) is 11.0. The number of carbonyl (C=O) groups is 1. The number of unbranched alkanes of at least 4 members (excludes halogenated alkanes) is 1. The number of benzene rings is 2. The van der Waals surface area contributed by atoms with Crippen molar-refractivity contribution in [2.75, 3.05) is 6.61 Å². The summed E-state index contributed by atoms with van der Waals surface area (Å²) in [5.41, 5.74) is 3.37. The Hall–Kier alpha value is -2.40. The highest BCUT2D eigenvalue weighted by molar-refractivity contribution is 7.19. The number of carboxylic acids is 1. The predicted octanol–water partition coefficient (Wildman–Crippen LogP) is 7.42. The zero-order valence-corrected chi connectivity index (χ0v) is 19.4. The van der Waals surface area contributed by atoms with E-state index in [0.717, 1.165) is 52.6 Å². The van der Waals surface area contributed by atoms with Gasteiger partial charge in [-0.25, -0.2) is 4.39 Å². The van der Waals surface area contributed by atoms with E-state index in [1.165, 1.54) is 10.4 Å². The van der Waals surface area contributed by atoms with Crippen molar-refractivity contribution in [1.82, 2.24) is 0 Å². The molecule has 1 N–H and O–H groups in total. The topological polar surface area (TPSA) is 46.5 Å². The first-order chi connectivity index (χ1) is 14.9. The number of hydrogen-bond acceptors (Lipinski definition) is 3. The summed E-state index contributed by atoms with van der Waals surface area (Å²) in [5.74, 6) is 0.255. The van der Waals surface area contributed by atoms with Crippen molar-refractivity contribution < 1.29 is 19.0 Å². The Morgan fingerprint density at radius 1 is 1.16 bits per heavy atom. The number of fused-ring (bicyclic) bond motifs is 1. The maximum absolute atomic E-state index is 13.7. The highest BCUT2D eigenvalue weighted by Crippen LogP contribution is 2.39. The van der Waals surface area contributed by atoms with Gasteiger partial charge in [0.25, 0.3) is 0 Å². The Morgan fingerprint density at radius 2 is 1.97 bits per heavy atom. The number of rotatable bonds is 11. The summed E-state index contributed by atoms with van der Waals surface area (Å²) in [6.45, 7) is 6.96. The molecule has 0 aliphatic carbocycles. The molecule has 3 nitrogen and oxygen atoms in total. The summed E-state index contributed by atoms with van der Waals surface area (Å²) >= 11 is 1.71. The summed E-state index contributed by atoms with van der Waals surface area (Å²) in [7, 11) is 0. The molecule has 0 saturated carbocycles. The first kappa shape index (κ1) is 23.3. The second kappa shape index (κ2) is 10.8. The molecular weight excluding hydrogens is 411 g/mol. The number of aryl methyl sites for hydroxylation is 3. The van der Waals surface area contributed by atoms with Gasteiger partial charge in [0, 0.05) is 16.0 Å². The van der Waals surface area contributed by atoms with Crippen molar-refractivity contribution in [3.05, 3.63) is 63.8 Å². The van der Waals surface area contributed by atoms with Crippen LogP contribution in [-0.2, 0) is 11.2 Å². The quantitative estimate of drug-likeness (QED) is 0.336. The molecule has 5 heteroatoms. The average molecular weight is 443 g/mol. The van der Waals surface area contributed by atoms with Gasteiger partial charge >= 0.3 is 5.97 Å². The molecule has 0 spiro atoms. The van der Waals surface area contributed by atoms with Crippen molar-refractivity contribution in [2.24, 2.45) is 0 Å². The number of thiophene rings is 1. The maximum Gasteiger partial charge on any atom is 0.303 e. The van der Waals surface area contributed by atoms with Gasteiger partial charge < -0.3 is 9.84 Å². The lowest BCUT2D eigenvalue weighted by Gasteiger charge is -2.17. The molecule has 0 bridgehead atoms. The van der Waals surface area contributed by atoms with E-state index < -0.39 is 5.97 Å². The number of halogens is 1. The van der Waals surface area contributed by atoms with Gasteiger partial charge in [0.2, 0.25) is 0 Å². The molecule has 1 unspecified atom stereocenters. The number of ether oxygens (including phenoxy) is 1. The number of aliphatic carboxylic acids is 1. The van der Waals surface area contributed by atoms with Crippen LogP contribution in [0.25, 0.3) is 10.1 Å². The van der Waals surface area contributed by atoms with E-state index in [1.54, 1.807) is 23.5 Å². The monoisotopic (exact) mass is 442 g/mol. The van der Waals surface area contributed by atoms with Crippen LogP contribution in [0, 0.1) is 19.7 Å². The fourth-order valence-electron chi connectivity index (χ4n) is 4.06. The summed E-state index contributed by atoms with van der Waals surface area (Å²) in [5, 5.41) is 10.0. The molecule has 3 aromatic rings. The summed E-state index contributed by atoms with van der Waals surface area (Å²) < 4.78 is 20.8. The normalized spacial score (nSPS) is 12.3. The smallest absolute Gasteiger partial charge is 0.303 e. The Labute approximate surface area is 187 Å². The van der Waals surface area contributed by atoms with Gasteiger partial charge in [0.05, 0.1) is 6.61 Å². The van der Waals surface area contributed by atoms with Crippen LogP contribution in [0.1, 0.15) is 66.5 Å². The molecule has 1 heterocycles. The van der Waals surface area contributed by atoms with Crippen molar-refractivity contribution in [1.29, 1.82) is 0 Å². The zero-order chi connectivity index (χ0) is 22.4. The zero-order valence-electron chi connectivity index (χ0n) is 18.5. The molecule has 166 valence electrons. The molecule has 0 aliphatic rings. The standard InChI is InChI=1S/C26H31FO3S/c1-4-5-6-20(26-18(3)23-11-9-21(27)16-24(23)31-26)13-14-30-22-10-7-19(17(2)15-22)8-12-25(28)29/h7,9-11,15-16,20H,4-6,8,12-14H2,1-3H3,(H,28,29). The van der Waals surface area contributed by atoms with Crippen LogP contribution in [0.3, 0.4) is 0 Å². The predicted molar refractivity (Wildman–Crippen MR) is 126 cm³/mol. The van der Waals surface area contributed by atoms with Gasteiger partial charge in [0.1, 0.15) is 11.6 Å². The number of carboxylic acid groups (broad SMARTS) is 1. The summed E-state index contributed by atoms with van der Waals surface area (Å²) in [4.78, 5) is 12.1. The van der Waals surface area contributed by atoms with E-state index in [4.69, 9.17) is 9.84 Å². The molecule has 0 saturated heterocycles. The Morgan fingerprint density at radius 3 is 2.68 bits per heavy atom. The minimum atomic E-state index is -0.780. The summed E-state index contributed by atoms with van der Waals surface area (Å²) in [6.07, 6.45) is 4.99. The molecule has 0 fully saturated rings. The molecule has 1 aromatic heterocycles. The van der Waals surface area contributed by atoms with Gasteiger partial charge in [0.15, 0.2) is 0 Å². The van der Waals surface area contributed by atoms with Crippen molar-refractivity contribution in [2.45, 2.75) is 65.2 Å². The largest absolute Gasteiger partial charge is 0.494 e. The lowest BCUT2D eigenvalue weighted by molar-refractivity contribution is -0.136. The Balaban J connectivity index is 1.68. The van der Waals surface area contributed by atoms with Crippen LogP contribution >= 0.6 is 11.3 Å². The Bertz CT molecular complexity index is 1040. The molecule has 0 radical (unpaired) electrons. The minimum Gasteiger partial charge on any atom is -0.494 e. The molecule has 0 aliphatic heterocycles. The fourth-order valence-corrected chi connectivity index (χ4v) is 5.47. The average Bonchev–Trinajstić information content (AvgIpc) is 3.05. The molecule has 0 amide bonds. The molecule has 3 rings (SSSR count). The van der Waals surface area contributed by atoms with Gasteiger partial charge in [-0.1, -0.05) is 31.9 Å². The van der Waals surface area contributed by atoms with Crippen LogP contribution in [0.15, 0.2) is 36.4 Å². The van der Waals surface area contributed by atoms with E-state index in [2.05, 4.69) is 13.8 Å². The highest BCUT2D eigenvalue weighted by Gasteiger charge is 2.19. The number of hydrogen-bond donors (Lipinski definition) is 1. The van der Waals surface area contributed by atoms with Gasteiger partial charge in [-0.2, -0.15) is 0 Å².